The Hall–Kier alpha value is -1.79. The van der Waals surface area contributed by atoms with Gasteiger partial charge in [0.25, 0.3) is 0 Å². The maximum Gasteiger partial charge on any atom is 0.228 e. The van der Waals surface area contributed by atoms with Crippen LogP contribution in [0.15, 0.2) is 28.8 Å². The molecule has 0 unspecified atom stereocenters. The standard InChI is InChI=1S/C13H16FN3O2/c1-18-8-12-16-13(19-17-12)7-11(15)6-9-3-2-4-10(14)5-9/h2-5,11H,6-8,15H2,1H3/t11-/m0/s1. The van der Waals surface area contributed by atoms with E-state index in [9.17, 15) is 4.39 Å². The van der Waals surface area contributed by atoms with Gasteiger partial charge in [-0.05, 0) is 24.1 Å². The normalized spacial score (nSPS) is 12.6. The van der Waals surface area contributed by atoms with Crippen LogP contribution in [0.2, 0.25) is 0 Å². The Morgan fingerprint density at radius 1 is 1.42 bits per heavy atom. The smallest absolute Gasteiger partial charge is 0.228 e. The number of halogens is 1. The summed E-state index contributed by atoms with van der Waals surface area (Å²) in [6.07, 6.45) is 1.01. The molecule has 0 spiro atoms. The average molecular weight is 265 g/mol. The first kappa shape index (κ1) is 13.6. The molecule has 2 aromatic rings. The van der Waals surface area contributed by atoms with Gasteiger partial charge in [0, 0.05) is 19.6 Å². The fourth-order valence-corrected chi connectivity index (χ4v) is 1.82. The number of rotatable bonds is 6. The molecule has 102 valence electrons. The molecule has 1 heterocycles. The van der Waals surface area contributed by atoms with Crippen molar-refractivity contribution in [2.45, 2.75) is 25.5 Å². The van der Waals surface area contributed by atoms with Crippen LogP contribution >= 0.6 is 0 Å². The quantitative estimate of drug-likeness (QED) is 0.856. The molecule has 1 atom stereocenters. The molecule has 2 N–H and O–H groups in total. The molecule has 1 aromatic heterocycles. The number of nitrogens with zero attached hydrogens (tertiary/aromatic N) is 2. The van der Waals surface area contributed by atoms with Crippen molar-refractivity contribution in [2.24, 2.45) is 5.73 Å². The van der Waals surface area contributed by atoms with Gasteiger partial charge in [0.05, 0.1) is 0 Å². The lowest BCUT2D eigenvalue weighted by molar-refractivity contribution is 0.174. The zero-order valence-corrected chi connectivity index (χ0v) is 10.7. The summed E-state index contributed by atoms with van der Waals surface area (Å²) in [5.74, 6) is 0.705. The van der Waals surface area contributed by atoms with Crippen molar-refractivity contribution in [3.8, 4) is 0 Å². The van der Waals surface area contributed by atoms with Gasteiger partial charge >= 0.3 is 0 Å². The van der Waals surface area contributed by atoms with Gasteiger partial charge in [-0.2, -0.15) is 4.98 Å². The van der Waals surface area contributed by atoms with E-state index in [4.69, 9.17) is 15.0 Å². The fraction of sp³-hybridized carbons (Fsp3) is 0.385. The molecule has 0 aliphatic heterocycles. The predicted molar refractivity (Wildman–Crippen MR) is 66.8 cm³/mol. The molecule has 2 rings (SSSR count). The highest BCUT2D eigenvalue weighted by atomic mass is 19.1. The van der Waals surface area contributed by atoms with Crippen LogP contribution in [0.3, 0.4) is 0 Å². The summed E-state index contributed by atoms with van der Waals surface area (Å²) in [5, 5.41) is 3.75. The molecule has 6 heteroatoms. The van der Waals surface area contributed by atoms with Crippen molar-refractivity contribution >= 4 is 0 Å². The summed E-state index contributed by atoms with van der Waals surface area (Å²) in [6.45, 7) is 0.308. The second-order valence-corrected chi connectivity index (χ2v) is 4.34. The number of hydrogen-bond acceptors (Lipinski definition) is 5. The van der Waals surface area contributed by atoms with Crippen molar-refractivity contribution in [3.63, 3.8) is 0 Å². The second kappa shape index (κ2) is 6.40. The number of aromatic nitrogens is 2. The van der Waals surface area contributed by atoms with E-state index in [0.717, 1.165) is 5.56 Å². The van der Waals surface area contributed by atoms with Crippen LogP contribution in [-0.2, 0) is 24.2 Å². The van der Waals surface area contributed by atoms with Crippen molar-refractivity contribution in [2.75, 3.05) is 7.11 Å². The minimum absolute atomic E-state index is 0.197. The molecule has 0 bridgehead atoms. The van der Waals surface area contributed by atoms with E-state index >= 15 is 0 Å². The maximum atomic E-state index is 13.0. The minimum atomic E-state index is -0.259. The van der Waals surface area contributed by atoms with Gasteiger partial charge in [-0.15, -0.1) is 0 Å². The number of methoxy groups -OCH3 is 1. The lowest BCUT2D eigenvalue weighted by atomic mass is 10.0. The van der Waals surface area contributed by atoms with Gasteiger partial charge in [-0.1, -0.05) is 17.3 Å². The Morgan fingerprint density at radius 2 is 2.26 bits per heavy atom. The highest BCUT2D eigenvalue weighted by Gasteiger charge is 2.12. The zero-order valence-electron chi connectivity index (χ0n) is 10.7. The summed E-state index contributed by atoms with van der Waals surface area (Å²) >= 11 is 0. The largest absolute Gasteiger partial charge is 0.377 e. The number of hydrogen-bond donors (Lipinski definition) is 1. The molecule has 0 fully saturated rings. The molecule has 0 aliphatic carbocycles. The van der Waals surface area contributed by atoms with Crippen molar-refractivity contribution in [1.82, 2.24) is 10.1 Å². The third-order valence-electron chi connectivity index (χ3n) is 2.61. The Labute approximate surface area is 110 Å². The van der Waals surface area contributed by atoms with E-state index in [2.05, 4.69) is 10.1 Å². The molecule has 0 saturated carbocycles. The van der Waals surface area contributed by atoms with Crippen LogP contribution in [0.5, 0.6) is 0 Å². The first-order chi connectivity index (χ1) is 9.17. The molecule has 0 amide bonds. The van der Waals surface area contributed by atoms with Gasteiger partial charge < -0.3 is 15.0 Å². The molecule has 0 saturated heterocycles. The highest BCUT2D eigenvalue weighted by Crippen LogP contribution is 2.09. The van der Waals surface area contributed by atoms with E-state index < -0.39 is 0 Å². The molecular weight excluding hydrogens is 249 g/mol. The number of ether oxygens (including phenoxy) is 1. The second-order valence-electron chi connectivity index (χ2n) is 4.34. The van der Waals surface area contributed by atoms with Crippen molar-refractivity contribution < 1.29 is 13.7 Å². The van der Waals surface area contributed by atoms with Gasteiger partial charge in [0.2, 0.25) is 5.89 Å². The lowest BCUT2D eigenvalue weighted by Crippen LogP contribution is -2.25. The molecule has 19 heavy (non-hydrogen) atoms. The average Bonchev–Trinajstić information content (AvgIpc) is 2.77. The highest BCUT2D eigenvalue weighted by molar-refractivity contribution is 5.17. The number of benzene rings is 1. The summed E-state index contributed by atoms with van der Waals surface area (Å²) < 4.78 is 23.0. The SMILES string of the molecule is COCc1noc(C[C@@H](N)Cc2cccc(F)c2)n1. The Morgan fingerprint density at radius 3 is 3.00 bits per heavy atom. The van der Waals surface area contributed by atoms with Crippen LogP contribution in [-0.4, -0.2) is 23.3 Å². The van der Waals surface area contributed by atoms with E-state index in [1.807, 2.05) is 6.07 Å². The monoisotopic (exact) mass is 265 g/mol. The van der Waals surface area contributed by atoms with Gasteiger partial charge in [0.1, 0.15) is 12.4 Å². The van der Waals surface area contributed by atoms with Crippen LogP contribution in [0, 0.1) is 5.82 Å². The summed E-state index contributed by atoms with van der Waals surface area (Å²) in [6, 6.07) is 6.19. The first-order valence-corrected chi connectivity index (χ1v) is 5.98. The van der Waals surface area contributed by atoms with E-state index in [1.165, 1.54) is 12.1 Å². The Balaban J connectivity index is 1.91. The molecular formula is C13H16FN3O2. The van der Waals surface area contributed by atoms with E-state index in [0.29, 0.717) is 31.2 Å². The summed E-state index contributed by atoms with van der Waals surface area (Å²) in [7, 11) is 1.56. The third kappa shape index (κ3) is 4.11. The maximum absolute atomic E-state index is 13.0. The van der Waals surface area contributed by atoms with E-state index in [1.54, 1.807) is 13.2 Å². The van der Waals surface area contributed by atoms with Gasteiger partial charge in [-0.3, -0.25) is 0 Å². The molecule has 0 radical (unpaired) electrons. The van der Waals surface area contributed by atoms with Crippen LogP contribution in [0.25, 0.3) is 0 Å². The molecule has 1 aromatic carbocycles. The fourth-order valence-electron chi connectivity index (χ4n) is 1.82. The van der Waals surface area contributed by atoms with Gasteiger partial charge in [0.15, 0.2) is 5.82 Å². The van der Waals surface area contributed by atoms with E-state index in [-0.39, 0.29) is 11.9 Å². The van der Waals surface area contributed by atoms with Gasteiger partial charge in [-0.25, -0.2) is 4.39 Å². The number of nitrogens with two attached hydrogens (primary N) is 1. The lowest BCUT2D eigenvalue weighted by Gasteiger charge is -2.08. The van der Waals surface area contributed by atoms with Crippen LogP contribution < -0.4 is 5.73 Å². The topological polar surface area (TPSA) is 74.2 Å². The molecule has 0 aliphatic rings. The van der Waals surface area contributed by atoms with Crippen LogP contribution in [0.1, 0.15) is 17.3 Å². The van der Waals surface area contributed by atoms with Crippen LogP contribution in [0.4, 0.5) is 4.39 Å². The van der Waals surface area contributed by atoms with Crippen molar-refractivity contribution in [1.29, 1.82) is 0 Å². The predicted octanol–water partition coefficient (Wildman–Crippen LogP) is 1.47. The Bertz CT molecular complexity index is 530. The first-order valence-electron chi connectivity index (χ1n) is 5.98. The zero-order chi connectivity index (χ0) is 13.7. The minimum Gasteiger partial charge on any atom is -0.377 e. The molecule has 5 nitrogen and oxygen atoms in total. The third-order valence-corrected chi connectivity index (χ3v) is 2.61. The Kier molecular flexibility index (Phi) is 4.59. The summed E-state index contributed by atoms with van der Waals surface area (Å²) in [5.41, 5.74) is 6.84. The van der Waals surface area contributed by atoms with Crippen molar-refractivity contribution in [3.05, 3.63) is 47.4 Å². The summed E-state index contributed by atoms with van der Waals surface area (Å²) in [4.78, 5) is 4.14.